The highest BCUT2D eigenvalue weighted by atomic mass is 32.2. The van der Waals surface area contributed by atoms with Crippen LogP contribution in [0, 0.1) is 0 Å². The van der Waals surface area contributed by atoms with Crippen LogP contribution in [0.2, 0.25) is 0 Å². The lowest BCUT2D eigenvalue weighted by atomic mass is 9.98. The number of fused-ring (bicyclic) bond motifs is 3. The standard InChI is InChI=1S/C10H15NO9S/c1-9(2)19-7-6-5(17-8(12)18-6)3-15-10(7,20-9)4-16-21(11,13)14/h5-7H,3-4H2,1-2H3,(H2,11,13,14)/t5-,6-,7+,10+/m1/s1. The van der Waals surface area contributed by atoms with Gasteiger partial charge in [0.05, 0.1) is 6.61 Å². The van der Waals surface area contributed by atoms with Crippen LogP contribution in [0.25, 0.3) is 0 Å². The number of hydrogen-bond donors (Lipinski definition) is 1. The Hall–Kier alpha value is -0.980. The molecule has 2 N–H and O–H groups in total. The predicted molar refractivity (Wildman–Crippen MR) is 62.9 cm³/mol. The van der Waals surface area contributed by atoms with E-state index in [1.165, 1.54) is 0 Å². The third-order valence-electron chi connectivity index (χ3n) is 3.32. The minimum Gasteiger partial charge on any atom is -0.424 e. The molecule has 0 bridgehead atoms. The van der Waals surface area contributed by atoms with Crippen LogP contribution >= 0.6 is 0 Å². The quantitative estimate of drug-likeness (QED) is 0.648. The Morgan fingerprint density at radius 2 is 2.10 bits per heavy atom. The summed E-state index contributed by atoms with van der Waals surface area (Å²) < 4.78 is 53.4. The van der Waals surface area contributed by atoms with Crippen LogP contribution in [-0.2, 0) is 38.2 Å². The molecule has 3 aliphatic rings. The van der Waals surface area contributed by atoms with Gasteiger partial charge in [0, 0.05) is 0 Å². The highest BCUT2D eigenvalue weighted by Crippen LogP contribution is 2.45. The summed E-state index contributed by atoms with van der Waals surface area (Å²) >= 11 is 0. The second kappa shape index (κ2) is 4.51. The van der Waals surface area contributed by atoms with Gasteiger partial charge in [0.1, 0.15) is 6.61 Å². The monoisotopic (exact) mass is 325 g/mol. The molecule has 0 aromatic heterocycles. The van der Waals surface area contributed by atoms with Gasteiger partial charge in [0.25, 0.3) is 0 Å². The lowest BCUT2D eigenvalue weighted by Gasteiger charge is -2.39. The summed E-state index contributed by atoms with van der Waals surface area (Å²) in [6.45, 7) is 2.65. The maximum absolute atomic E-state index is 11.2. The van der Waals surface area contributed by atoms with Crippen LogP contribution < -0.4 is 5.14 Å². The Bertz CT molecular complexity index is 561. The first kappa shape index (κ1) is 14.9. The maximum Gasteiger partial charge on any atom is 0.509 e. The van der Waals surface area contributed by atoms with E-state index in [2.05, 4.69) is 4.18 Å². The summed E-state index contributed by atoms with van der Waals surface area (Å²) in [5.41, 5.74) is 0. The van der Waals surface area contributed by atoms with Crippen molar-refractivity contribution in [2.45, 2.75) is 43.7 Å². The van der Waals surface area contributed by atoms with E-state index in [0.717, 1.165) is 0 Å². The smallest absolute Gasteiger partial charge is 0.424 e. The van der Waals surface area contributed by atoms with Gasteiger partial charge in [-0.2, -0.15) is 8.42 Å². The fourth-order valence-electron chi connectivity index (χ4n) is 2.65. The van der Waals surface area contributed by atoms with Gasteiger partial charge in [0.15, 0.2) is 24.1 Å². The van der Waals surface area contributed by atoms with Crippen LogP contribution in [0.15, 0.2) is 0 Å². The third-order valence-corrected chi connectivity index (χ3v) is 3.77. The highest BCUT2D eigenvalue weighted by Gasteiger charge is 2.65. The molecule has 0 spiro atoms. The second-order valence-electron chi connectivity index (χ2n) is 5.41. The molecule has 0 saturated carbocycles. The van der Waals surface area contributed by atoms with Crippen molar-refractivity contribution < 1.29 is 41.1 Å². The molecule has 3 heterocycles. The SMILES string of the molecule is CC1(C)O[C@H]2[C@@H]3OC(=O)O[C@@H]3CO[C@@]2(COS(N)(=O)=O)O1. The minimum absolute atomic E-state index is 0.0413. The molecule has 0 aliphatic carbocycles. The number of nitrogens with two attached hydrogens (primary N) is 1. The maximum atomic E-state index is 11.2. The van der Waals surface area contributed by atoms with Crippen LogP contribution in [0.1, 0.15) is 13.8 Å². The summed E-state index contributed by atoms with van der Waals surface area (Å²) in [5.74, 6) is -2.64. The molecule has 3 aliphatic heterocycles. The fraction of sp³-hybridized carbons (Fsp3) is 0.900. The van der Waals surface area contributed by atoms with E-state index >= 15 is 0 Å². The molecule has 0 aromatic rings. The molecule has 4 atom stereocenters. The minimum atomic E-state index is -4.19. The van der Waals surface area contributed by atoms with E-state index in [1.807, 2.05) is 0 Å². The topological polar surface area (TPSA) is 133 Å². The number of ether oxygens (including phenoxy) is 5. The molecular formula is C10H15NO9S. The Balaban J connectivity index is 1.87. The van der Waals surface area contributed by atoms with Crippen molar-refractivity contribution in [2.24, 2.45) is 5.14 Å². The highest BCUT2D eigenvalue weighted by molar-refractivity contribution is 7.84. The lowest BCUT2D eigenvalue weighted by molar-refractivity contribution is -0.290. The molecule has 11 heteroatoms. The van der Waals surface area contributed by atoms with Gasteiger partial charge >= 0.3 is 16.5 Å². The van der Waals surface area contributed by atoms with Crippen molar-refractivity contribution in [3.8, 4) is 0 Å². The van der Waals surface area contributed by atoms with Gasteiger partial charge in [-0.3, -0.25) is 4.18 Å². The van der Waals surface area contributed by atoms with Gasteiger partial charge in [-0.1, -0.05) is 0 Å². The fourth-order valence-corrected chi connectivity index (χ4v) is 2.98. The summed E-state index contributed by atoms with van der Waals surface area (Å²) in [5, 5.41) is 4.82. The van der Waals surface area contributed by atoms with Crippen LogP contribution in [-0.4, -0.2) is 57.7 Å². The van der Waals surface area contributed by atoms with Gasteiger partial charge < -0.3 is 23.7 Å². The largest absolute Gasteiger partial charge is 0.509 e. The first-order chi connectivity index (χ1) is 9.60. The number of rotatable bonds is 3. The van der Waals surface area contributed by atoms with E-state index in [4.69, 9.17) is 28.8 Å². The number of carbonyl (C=O) groups is 1. The van der Waals surface area contributed by atoms with E-state index in [1.54, 1.807) is 13.8 Å². The average molecular weight is 325 g/mol. The van der Waals surface area contributed by atoms with Crippen molar-refractivity contribution in [2.75, 3.05) is 13.2 Å². The van der Waals surface area contributed by atoms with Gasteiger partial charge in [-0.15, -0.1) is 0 Å². The number of carbonyl (C=O) groups excluding carboxylic acids is 1. The molecule has 0 radical (unpaired) electrons. The number of hydrogen-bond acceptors (Lipinski definition) is 9. The van der Waals surface area contributed by atoms with Crippen molar-refractivity contribution in [1.29, 1.82) is 0 Å². The molecule has 3 rings (SSSR count). The van der Waals surface area contributed by atoms with Crippen LogP contribution in [0.4, 0.5) is 4.79 Å². The zero-order valence-corrected chi connectivity index (χ0v) is 12.1. The molecule has 0 aromatic carbocycles. The Labute approximate surface area is 120 Å². The molecule has 10 nitrogen and oxygen atoms in total. The molecular weight excluding hydrogens is 310 g/mol. The van der Waals surface area contributed by atoms with Crippen LogP contribution in [0.3, 0.4) is 0 Å². The summed E-state index contributed by atoms with van der Waals surface area (Å²) in [7, 11) is -4.19. The first-order valence-corrected chi connectivity index (χ1v) is 7.64. The van der Waals surface area contributed by atoms with Crippen molar-refractivity contribution in [1.82, 2.24) is 0 Å². The molecule has 21 heavy (non-hydrogen) atoms. The predicted octanol–water partition coefficient (Wildman–Crippen LogP) is -1.01. The van der Waals surface area contributed by atoms with Crippen molar-refractivity contribution in [3.63, 3.8) is 0 Å². The van der Waals surface area contributed by atoms with E-state index in [-0.39, 0.29) is 6.61 Å². The lowest BCUT2D eigenvalue weighted by Crippen LogP contribution is -2.60. The Kier molecular flexibility index (Phi) is 3.21. The molecule has 3 saturated heterocycles. The molecule has 120 valence electrons. The summed E-state index contributed by atoms with van der Waals surface area (Å²) in [6, 6.07) is 0. The third kappa shape index (κ3) is 2.72. The summed E-state index contributed by atoms with van der Waals surface area (Å²) in [4.78, 5) is 11.2. The van der Waals surface area contributed by atoms with Gasteiger partial charge in [-0.05, 0) is 13.8 Å². The van der Waals surface area contributed by atoms with Crippen molar-refractivity contribution >= 4 is 16.5 Å². The molecule has 0 amide bonds. The Morgan fingerprint density at radius 1 is 1.38 bits per heavy atom. The first-order valence-electron chi connectivity index (χ1n) is 6.17. The zero-order valence-electron chi connectivity index (χ0n) is 11.3. The molecule has 0 unspecified atom stereocenters. The van der Waals surface area contributed by atoms with Crippen LogP contribution in [0.5, 0.6) is 0 Å². The average Bonchev–Trinajstić information content (AvgIpc) is 2.82. The van der Waals surface area contributed by atoms with E-state index < -0.39 is 53.0 Å². The molecule has 3 fully saturated rings. The van der Waals surface area contributed by atoms with Crippen molar-refractivity contribution in [3.05, 3.63) is 0 Å². The van der Waals surface area contributed by atoms with Gasteiger partial charge in [0.2, 0.25) is 5.79 Å². The van der Waals surface area contributed by atoms with Gasteiger partial charge in [-0.25, -0.2) is 9.93 Å². The van der Waals surface area contributed by atoms with E-state index in [9.17, 15) is 13.2 Å². The Morgan fingerprint density at radius 3 is 2.76 bits per heavy atom. The zero-order chi connectivity index (χ0) is 15.5. The summed E-state index contributed by atoms with van der Waals surface area (Å²) in [6.07, 6.45) is -3.18. The van der Waals surface area contributed by atoms with E-state index in [0.29, 0.717) is 0 Å². The normalized spacial score (nSPS) is 41.1. The second-order valence-corrected chi connectivity index (χ2v) is 6.63.